The van der Waals surface area contributed by atoms with Gasteiger partial charge in [-0.3, -0.25) is 14.5 Å². The smallest absolute Gasteiger partial charge is 0.254 e. The second kappa shape index (κ2) is 8.07. The van der Waals surface area contributed by atoms with Gasteiger partial charge in [0.05, 0.1) is 13.0 Å². The number of nitrogens with one attached hydrogen (secondary N) is 1. The largest absolute Gasteiger partial charge is 0.494 e. The fraction of sp³-hybridized carbons (Fsp3) is 0.391. The maximum absolute atomic E-state index is 14.0. The Morgan fingerprint density at radius 2 is 1.90 bits per heavy atom. The van der Waals surface area contributed by atoms with Crippen molar-refractivity contribution in [1.82, 2.24) is 15.1 Å². The Bertz CT molecular complexity index is 944. The van der Waals surface area contributed by atoms with Crippen LogP contribution in [0.25, 0.3) is 0 Å². The van der Waals surface area contributed by atoms with Crippen molar-refractivity contribution in [3.8, 4) is 5.75 Å². The molecule has 2 aliphatic rings. The number of hydrogen-bond acceptors (Lipinski definition) is 4. The van der Waals surface area contributed by atoms with E-state index in [-0.39, 0.29) is 28.9 Å². The van der Waals surface area contributed by atoms with Crippen molar-refractivity contribution >= 4 is 11.8 Å². The number of likely N-dealkylation sites (tertiary alicyclic amines) is 2. The van der Waals surface area contributed by atoms with Gasteiger partial charge in [-0.1, -0.05) is 30.3 Å². The van der Waals surface area contributed by atoms with Gasteiger partial charge >= 0.3 is 0 Å². The molecule has 1 N–H and O–H groups in total. The Labute approximate surface area is 175 Å². The van der Waals surface area contributed by atoms with Crippen LogP contribution in [0.1, 0.15) is 15.9 Å². The van der Waals surface area contributed by atoms with E-state index >= 15 is 0 Å². The highest BCUT2D eigenvalue weighted by atomic mass is 19.1. The first-order valence-electron chi connectivity index (χ1n) is 10.1. The van der Waals surface area contributed by atoms with E-state index in [1.807, 2.05) is 18.2 Å². The number of benzene rings is 2. The minimum absolute atomic E-state index is 0.00755. The molecule has 2 saturated heterocycles. The number of nitrogens with zero attached hydrogens (tertiary/aromatic N) is 2. The first-order valence-corrected chi connectivity index (χ1v) is 10.1. The van der Waals surface area contributed by atoms with E-state index in [4.69, 9.17) is 4.74 Å². The summed E-state index contributed by atoms with van der Waals surface area (Å²) in [7, 11) is 3.04. The molecule has 2 fully saturated rings. The molecule has 7 heteroatoms. The van der Waals surface area contributed by atoms with Crippen LogP contribution in [0, 0.1) is 17.2 Å². The van der Waals surface area contributed by atoms with Crippen LogP contribution in [0.2, 0.25) is 0 Å². The van der Waals surface area contributed by atoms with Crippen LogP contribution in [-0.4, -0.2) is 62.0 Å². The van der Waals surface area contributed by atoms with Crippen LogP contribution in [-0.2, 0) is 11.3 Å². The first-order chi connectivity index (χ1) is 14.5. The third kappa shape index (κ3) is 3.65. The van der Waals surface area contributed by atoms with Crippen LogP contribution in [0.5, 0.6) is 5.75 Å². The molecule has 2 aromatic carbocycles. The quantitative estimate of drug-likeness (QED) is 0.819. The summed E-state index contributed by atoms with van der Waals surface area (Å²) in [6.45, 7) is 3.16. The number of methoxy groups -OCH3 is 1. The van der Waals surface area contributed by atoms with Gasteiger partial charge in [0.15, 0.2) is 11.6 Å². The van der Waals surface area contributed by atoms with Gasteiger partial charge in [-0.2, -0.15) is 0 Å². The third-order valence-corrected chi connectivity index (χ3v) is 6.23. The number of carbonyl (C=O) groups excluding carboxylic acids is 2. The van der Waals surface area contributed by atoms with Crippen molar-refractivity contribution in [1.29, 1.82) is 0 Å². The lowest BCUT2D eigenvalue weighted by Gasteiger charge is -2.50. The molecular formula is C23H26FN3O3. The fourth-order valence-electron chi connectivity index (χ4n) is 4.73. The lowest BCUT2D eigenvalue weighted by atomic mass is 9.71. The SMILES string of the molecule is CNC(=O)C1CN(Cc2ccccc2)CC12CN(C(=O)c1ccc(OC)c(F)c1)C2. The highest BCUT2D eigenvalue weighted by Gasteiger charge is 2.57. The second-order valence-electron chi connectivity index (χ2n) is 8.19. The minimum Gasteiger partial charge on any atom is -0.494 e. The molecule has 4 rings (SSSR count). The summed E-state index contributed by atoms with van der Waals surface area (Å²) in [5.41, 5.74) is 1.22. The maximum atomic E-state index is 14.0. The summed E-state index contributed by atoms with van der Waals surface area (Å²) < 4.78 is 18.9. The predicted molar refractivity (Wildman–Crippen MR) is 111 cm³/mol. The molecule has 0 bridgehead atoms. The van der Waals surface area contributed by atoms with Crippen LogP contribution in [0.3, 0.4) is 0 Å². The van der Waals surface area contributed by atoms with Gasteiger partial charge in [0, 0.05) is 50.7 Å². The van der Waals surface area contributed by atoms with Gasteiger partial charge in [0.2, 0.25) is 5.91 Å². The van der Waals surface area contributed by atoms with Crippen LogP contribution in [0.4, 0.5) is 4.39 Å². The Hall–Kier alpha value is -2.93. The normalized spacial score (nSPS) is 20.1. The number of rotatable bonds is 5. The minimum atomic E-state index is -0.559. The number of carbonyl (C=O) groups is 2. The molecule has 1 unspecified atom stereocenters. The molecule has 0 saturated carbocycles. The van der Waals surface area contributed by atoms with E-state index in [1.54, 1.807) is 18.0 Å². The van der Waals surface area contributed by atoms with Crippen molar-refractivity contribution in [2.75, 3.05) is 40.3 Å². The molecule has 0 aliphatic carbocycles. The van der Waals surface area contributed by atoms with Gasteiger partial charge in [-0.05, 0) is 23.8 Å². The molecule has 0 radical (unpaired) electrons. The van der Waals surface area contributed by atoms with E-state index in [9.17, 15) is 14.0 Å². The van der Waals surface area contributed by atoms with Crippen LogP contribution in [0.15, 0.2) is 48.5 Å². The maximum Gasteiger partial charge on any atom is 0.254 e. The summed E-state index contributed by atoms with van der Waals surface area (Å²) in [5.74, 6) is -0.842. The van der Waals surface area contributed by atoms with Gasteiger partial charge in [-0.25, -0.2) is 4.39 Å². The lowest BCUT2D eigenvalue weighted by Crippen LogP contribution is -2.63. The first kappa shape index (κ1) is 20.3. The van der Waals surface area contributed by atoms with Crippen molar-refractivity contribution in [2.45, 2.75) is 6.54 Å². The number of ether oxygens (including phenoxy) is 1. The topological polar surface area (TPSA) is 61.9 Å². The summed E-state index contributed by atoms with van der Waals surface area (Å²) in [6, 6.07) is 14.4. The Kier molecular flexibility index (Phi) is 5.47. The van der Waals surface area contributed by atoms with E-state index in [0.29, 0.717) is 25.2 Å². The lowest BCUT2D eigenvalue weighted by molar-refractivity contribution is -0.130. The zero-order chi connectivity index (χ0) is 21.3. The van der Waals surface area contributed by atoms with Gasteiger partial charge in [0.1, 0.15) is 0 Å². The molecule has 0 aromatic heterocycles. The Balaban J connectivity index is 1.47. The fourth-order valence-corrected chi connectivity index (χ4v) is 4.73. The number of hydrogen-bond donors (Lipinski definition) is 1. The molecule has 2 aliphatic heterocycles. The van der Waals surface area contributed by atoms with Gasteiger partial charge < -0.3 is 15.0 Å². The van der Waals surface area contributed by atoms with Crippen molar-refractivity contribution in [2.24, 2.45) is 11.3 Å². The van der Waals surface area contributed by atoms with Crippen LogP contribution < -0.4 is 10.1 Å². The summed E-state index contributed by atoms with van der Waals surface area (Å²) in [5, 5.41) is 2.78. The molecule has 158 valence electrons. The molecule has 2 amide bonds. The number of amides is 2. The van der Waals surface area contributed by atoms with E-state index in [1.165, 1.54) is 24.8 Å². The molecule has 2 aromatic rings. The van der Waals surface area contributed by atoms with E-state index < -0.39 is 5.82 Å². The number of halogens is 1. The average Bonchev–Trinajstić information content (AvgIpc) is 3.11. The summed E-state index contributed by atoms with van der Waals surface area (Å²) in [4.78, 5) is 29.4. The monoisotopic (exact) mass is 411 g/mol. The average molecular weight is 411 g/mol. The standard InChI is InChI=1S/C23H26FN3O3/c1-25-21(28)18-12-26(11-16-6-4-3-5-7-16)13-23(18)14-27(15-23)22(29)17-8-9-20(30-2)19(24)10-17/h3-10,18H,11-15H2,1-2H3,(H,25,28). The molecule has 1 atom stereocenters. The molecule has 1 spiro atoms. The second-order valence-corrected chi connectivity index (χ2v) is 8.19. The Morgan fingerprint density at radius 1 is 1.17 bits per heavy atom. The van der Waals surface area contributed by atoms with Crippen molar-refractivity contribution in [3.63, 3.8) is 0 Å². The van der Waals surface area contributed by atoms with Gasteiger partial charge in [-0.15, -0.1) is 0 Å². The zero-order valence-corrected chi connectivity index (χ0v) is 17.2. The zero-order valence-electron chi connectivity index (χ0n) is 17.2. The van der Waals surface area contributed by atoms with E-state index in [2.05, 4.69) is 22.3 Å². The summed E-state index contributed by atoms with van der Waals surface area (Å²) >= 11 is 0. The van der Waals surface area contributed by atoms with Crippen molar-refractivity contribution in [3.05, 3.63) is 65.5 Å². The predicted octanol–water partition coefficient (Wildman–Crippen LogP) is 2.15. The Morgan fingerprint density at radius 3 is 2.53 bits per heavy atom. The molecule has 6 nitrogen and oxygen atoms in total. The highest BCUT2D eigenvalue weighted by molar-refractivity contribution is 5.95. The van der Waals surface area contributed by atoms with E-state index in [0.717, 1.165) is 13.1 Å². The van der Waals surface area contributed by atoms with Crippen LogP contribution >= 0.6 is 0 Å². The van der Waals surface area contributed by atoms with Crippen molar-refractivity contribution < 1.29 is 18.7 Å². The highest BCUT2D eigenvalue weighted by Crippen LogP contribution is 2.45. The molecule has 30 heavy (non-hydrogen) atoms. The molecular weight excluding hydrogens is 385 g/mol. The summed E-state index contributed by atoms with van der Waals surface area (Å²) in [6.07, 6.45) is 0. The third-order valence-electron chi connectivity index (χ3n) is 6.23. The van der Waals surface area contributed by atoms with Gasteiger partial charge in [0.25, 0.3) is 5.91 Å². The molecule has 2 heterocycles.